The second kappa shape index (κ2) is 7.55. The summed E-state index contributed by atoms with van der Waals surface area (Å²) in [6.45, 7) is 8.63. The van der Waals surface area contributed by atoms with Gasteiger partial charge in [0.2, 0.25) is 0 Å². The normalized spacial score (nSPS) is 20.7. The van der Waals surface area contributed by atoms with Gasteiger partial charge in [0.15, 0.2) is 0 Å². The standard InChI is InChI=1S/C19H23N3O2/c1-16-4-2-5-17(12-16)14-20-8-10-21(11-9-20)15-18-6-3-7-19(13-18)22(23)24/h2-7,12-13H,8-11,14-15H2,1H3/p+2. The zero-order valence-electron chi connectivity index (χ0n) is 14.1. The summed E-state index contributed by atoms with van der Waals surface area (Å²) >= 11 is 0. The van der Waals surface area contributed by atoms with Crippen molar-refractivity contribution >= 4 is 5.69 Å². The molecule has 0 bridgehead atoms. The lowest BCUT2D eigenvalue weighted by atomic mass is 10.1. The monoisotopic (exact) mass is 327 g/mol. The number of hydrogen-bond donors (Lipinski definition) is 2. The van der Waals surface area contributed by atoms with Gasteiger partial charge in [-0.1, -0.05) is 42.0 Å². The summed E-state index contributed by atoms with van der Waals surface area (Å²) in [6.07, 6.45) is 0. The van der Waals surface area contributed by atoms with Crippen molar-refractivity contribution in [2.24, 2.45) is 0 Å². The van der Waals surface area contributed by atoms with Crippen molar-refractivity contribution in [2.75, 3.05) is 26.2 Å². The quantitative estimate of drug-likeness (QED) is 0.616. The van der Waals surface area contributed by atoms with Gasteiger partial charge in [0, 0.05) is 23.3 Å². The summed E-state index contributed by atoms with van der Waals surface area (Å²) < 4.78 is 0. The Bertz CT molecular complexity index is 709. The van der Waals surface area contributed by atoms with E-state index in [4.69, 9.17) is 0 Å². The van der Waals surface area contributed by atoms with Crippen molar-refractivity contribution in [3.8, 4) is 0 Å². The number of quaternary nitrogens is 2. The summed E-state index contributed by atoms with van der Waals surface area (Å²) in [5.74, 6) is 0. The fraction of sp³-hybridized carbons (Fsp3) is 0.368. The molecule has 2 aromatic rings. The third kappa shape index (κ3) is 4.40. The minimum Gasteiger partial charge on any atom is -0.322 e. The smallest absolute Gasteiger partial charge is 0.269 e. The Hall–Kier alpha value is -2.24. The second-order valence-electron chi connectivity index (χ2n) is 6.77. The molecule has 2 aromatic carbocycles. The lowest BCUT2D eigenvalue weighted by molar-refractivity contribution is -1.02. The molecule has 5 heteroatoms. The fourth-order valence-electron chi connectivity index (χ4n) is 3.49. The maximum Gasteiger partial charge on any atom is 0.269 e. The lowest BCUT2D eigenvalue weighted by Crippen LogP contribution is -3.27. The maximum atomic E-state index is 10.9. The number of aryl methyl sites for hydroxylation is 1. The topological polar surface area (TPSA) is 52.0 Å². The summed E-state index contributed by atoms with van der Waals surface area (Å²) in [5, 5.41) is 10.9. The molecule has 1 saturated heterocycles. The Morgan fingerprint density at radius 3 is 2.00 bits per heavy atom. The zero-order valence-corrected chi connectivity index (χ0v) is 14.1. The number of nitro groups is 1. The van der Waals surface area contributed by atoms with Crippen LogP contribution in [0.2, 0.25) is 0 Å². The SMILES string of the molecule is Cc1cccc(C[NH+]2CC[NH+](Cc3cccc([N+](=O)[O-])c3)CC2)c1. The van der Waals surface area contributed by atoms with E-state index in [0.29, 0.717) is 0 Å². The molecule has 126 valence electrons. The first-order valence-electron chi connectivity index (χ1n) is 8.56. The Morgan fingerprint density at radius 2 is 1.46 bits per heavy atom. The molecule has 1 aliphatic rings. The van der Waals surface area contributed by atoms with Gasteiger partial charge in [-0.15, -0.1) is 0 Å². The Kier molecular flexibility index (Phi) is 5.23. The van der Waals surface area contributed by atoms with Crippen LogP contribution < -0.4 is 9.80 Å². The number of rotatable bonds is 5. The molecule has 1 aliphatic heterocycles. The average molecular weight is 327 g/mol. The predicted octanol–water partition coefficient (Wildman–Crippen LogP) is 0.387. The number of hydrogen-bond acceptors (Lipinski definition) is 2. The first-order valence-corrected chi connectivity index (χ1v) is 8.56. The van der Waals surface area contributed by atoms with Crippen molar-refractivity contribution in [2.45, 2.75) is 20.0 Å². The minimum atomic E-state index is -0.317. The van der Waals surface area contributed by atoms with Gasteiger partial charge in [0.25, 0.3) is 5.69 Å². The average Bonchev–Trinajstić information content (AvgIpc) is 2.57. The maximum absolute atomic E-state index is 10.9. The highest BCUT2D eigenvalue weighted by atomic mass is 16.6. The number of piperazine rings is 1. The van der Waals surface area contributed by atoms with E-state index in [1.165, 1.54) is 16.0 Å². The van der Waals surface area contributed by atoms with Crippen molar-refractivity contribution in [1.29, 1.82) is 0 Å². The van der Waals surface area contributed by atoms with Gasteiger partial charge in [-0.25, -0.2) is 0 Å². The number of benzene rings is 2. The van der Waals surface area contributed by atoms with Crippen LogP contribution >= 0.6 is 0 Å². The van der Waals surface area contributed by atoms with E-state index >= 15 is 0 Å². The van der Waals surface area contributed by atoms with Gasteiger partial charge in [0.05, 0.1) is 4.92 Å². The Labute approximate surface area is 142 Å². The first-order chi connectivity index (χ1) is 11.6. The van der Waals surface area contributed by atoms with E-state index < -0.39 is 0 Å². The van der Waals surface area contributed by atoms with E-state index in [1.54, 1.807) is 23.1 Å². The van der Waals surface area contributed by atoms with Gasteiger partial charge in [0.1, 0.15) is 39.3 Å². The summed E-state index contributed by atoms with van der Waals surface area (Å²) in [6, 6.07) is 15.8. The first kappa shape index (κ1) is 16.6. The van der Waals surface area contributed by atoms with Crippen LogP contribution in [0, 0.1) is 17.0 Å². The van der Waals surface area contributed by atoms with Crippen LogP contribution in [0.3, 0.4) is 0 Å². The van der Waals surface area contributed by atoms with Crippen LogP contribution in [0.15, 0.2) is 48.5 Å². The number of nitrogens with zero attached hydrogens (tertiary/aromatic N) is 1. The van der Waals surface area contributed by atoms with Crippen molar-refractivity contribution in [1.82, 2.24) is 0 Å². The van der Waals surface area contributed by atoms with Crippen LogP contribution in [-0.2, 0) is 13.1 Å². The highest BCUT2D eigenvalue weighted by Crippen LogP contribution is 2.12. The third-order valence-corrected chi connectivity index (χ3v) is 4.78. The van der Waals surface area contributed by atoms with Crippen LogP contribution in [0.1, 0.15) is 16.7 Å². The van der Waals surface area contributed by atoms with E-state index in [-0.39, 0.29) is 10.6 Å². The second-order valence-corrected chi connectivity index (χ2v) is 6.77. The van der Waals surface area contributed by atoms with E-state index in [2.05, 4.69) is 31.2 Å². The molecule has 0 aliphatic carbocycles. The molecular formula is C19H25N3O2+2. The molecule has 2 N–H and O–H groups in total. The summed E-state index contributed by atoms with van der Waals surface area (Å²) in [4.78, 5) is 13.7. The van der Waals surface area contributed by atoms with E-state index in [0.717, 1.165) is 44.8 Å². The van der Waals surface area contributed by atoms with Crippen LogP contribution in [-0.4, -0.2) is 31.1 Å². The van der Waals surface area contributed by atoms with Crippen LogP contribution in [0.25, 0.3) is 0 Å². The largest absolute Gasteiger partial charge is 0.322 e. The van der Waals surface area contributed by atoms with Gasteiger partial charge in [-0.2, -0.15) is 0 Å². The van der Waals surface area contributed by atoms with E-state index in [9.17, 15) is 10.1 Å². The fourth-order valence-corrected chi connectivity index (χ4v) is 3.49. The van der Waals surface area contributed by atoms with Gasteiger partial charge >= 0.3 is 0 Å². The highest BCUT2D eigenvalue weighted by molar-refractivity contribution is 5.33. The highest BCUT2D eigenvalue weighted by Gasteiger charge is 2.23. The molecule has 5 nitrogen and oxygen atoms in total. The Balaban J connectivity index is 1.52. The molecule has 0 atom stereocenters. The molecule has 0 spiro atoms. The minimum absolute atomic E-state index is 0.190. The van der Waals surface area contributed by atoms with Crippen molar-refractivity contribution < 1.29 is 14.7 Å². The molecule has 0 unspecified atom stereocenters. The Morgan fingerprint density at radius 1 is 0.917 bits per heavy atom. The molecule has 24 heavy (non-hydrogen) atoms. The molecule has 1 heterocycles. The number of nitrogens with one attached hydrogen (secondary N) is 2. The van der Waals surface area contributed by atoms with Gasteiger partial charge in [-0.05, 0) is 6.92 Å². The molecule has 0 saturated carbocycles. The van der Waals surface area contributed by atoms with Crippen molar-refractivity contribution in [3.63, 3.8) is 0 Å². The summed E-state index contributed by atoms with van der Waals surface area (Å²) in [5.41, 5.74) is 3.98. The van der Waals surface area contributed by atoms with E-state index in [1.807, 2.05) is 6.07 Å². The summed E-state index contributed by atoms with van der Waals surface area (Å²) in [7, 11) is 0. The molecular weight excluding hydrogens is 302 g/mol. The lowest BCUT2D eigenvalue weighted by Gasteiger charge is -2.29. The molecule has 0 amide bonds. The molecule has 0 radical (unpaired) electrons. The molecule has 3 rings (SSSR count). The zero-order chi connectivity index (χ0) is 16.9. The molecule has 1 fully saturated rings. The van der Waals surface area contributed by atoms with Crippen LogP contribution in [0.5, 0.6) is 0 Å². The molecule has 0 aromatic heterocycles. The third-order valence-electron chi connectivity index (χ3n) is 4.78. The predicted molar refractivity (Wildman–Crippen MR) is 93.1 cm³/mol. The van der Waals surface area contributed by atoms with Crippen molar-refractivity contribution in [3.05, 3.63) is 75.3 Å². The van der Waals surface area contributed by atoms with Gasteiger partial charge in [-0.3, -0.25) is 10.1 Å². The van der Waals surface area contributed by atoms with Gasteiger partial charge < -0.3 is 9.80 Å². The number of nitro benzene ring substituents is 1. The number of non-ortho nitro benzene ring substituents is 1. The van der Waals surface area contributed by atoms with Crippen LogP contribution in [0.4, 0.5) is 5.69 Å².